The summed E-state index contributed by atoms with van der Waals surface area (Å²) in [7, 11) is -3.76. The number of alkyl halides is 1. The zero-order chi connectivity index (χ0) is 16.9. The Balaban J connectivity index is 2.18. The molecule has 0 fully saturated rings. The van der Waals surface area contributed by atoms with Crippen molar-refractivity contribution in [3.63, 3.8) is 0 Å². The zero-order valence-electron chi connectivity index (χ0n) is 12.2. The van der Waals surface area contributed by atoms with Crippen LogP contribution in [0.5, 0.6) is 0 Å². The van der Waals surface area contributed by atoms with Crippen molar-refractivity contribution < 1.29 is 18.3 Å². The SMILES string of the molecule is O=C(O)c1cccc(NS(=O)(=O)c2ccc(CCCCl)cc2)c1. The fourth-order valence-corrected chi connectivity index (χ4v) is 3.22. The van der Waals surface area contributed by atoms with Gasteiger partial charge >= 0.3 is 5.97 Å². The van der Waals surface area contributed by atoms with E-state index in [0.717, 1.165) is 18.4 Å². The molecule has 0 aromatic heterocycles. The number of aromatic carboxylic acids is 1. The molecule has 23 heavy (non-hydrogen) atoms. The molecule has 0 saturated carbocycles. The number of anilines is 1. The van der Waals surface area contributed by atoms with E-state index in [4.69, 9.17) is 16.7 Å². The summed E-state index contributed by atoms with van der Waals surface area (Å²) in [6.07, 6.45) is 1.62. The summed E-state index contributed by atoms with van der Waals surface area (Å²) in [4.78, 5) is 11.0. The monoisotopic (exact) mass is 353 g/mol. The van der Waals surface area contributed by atoms with E-state index < -0.39 is 16.0 Å². The van der Waals surface area contributed by atoms with Crippen LogP contribution in [0.2, 0.25) is 0 Å². The maximum absolute atomic E-state index is 12.3. The molecule has 2 rings (SSSR count). The summed E-state index contributed by atoms with van der Waals surface area (Å²) in [5.74, 6) is -0.559. The van der Waals surface area contributed by atoms with Gasteiger partial charge in [0, 0.05) is 11.6 Å². The molecule has 0 spiro atoms. The maximum Gasteiger partial charge on any atom is 0.335 e. The van der Waals surface area contributed by atoms with Crippen molar-refractivity contribution in [3.05, 3.63) is 59.7 Å². The molecule has 0 amide bonds. The predicted molar refractivity (Wildman–Crippen MR) is 89.7 cm³/mol. The van der Waals surface area contributed by atoms with Crippen LogP contribution in [0, 0.1) is 0 Å². The van der Waals surface area contributed by atoms with Crippen LogP contribution < -0.4 is 4.72 Å². The molecule has 0 aliphatic carbocycles. The van der Waals surface area contributed by atoms with Gasteiger partial charge in [-0.05, 0) is 48.7 Å². The van der Waals surface area contributed by atoms with Crippen LogP contribution in [0.4, 0.5) is 5.69 Å². The third-order valence-corrected chi connectivity index (χ3v) is 4.86. The van der Waals surface area contributed by atoms with Gasteiger partial charge in [-0.2, -0.15) is 0 Å². The number of sulfonamides is 1. The Morgan fingerprint density at radius 3 is 2.43 bits per heavy atom. The van der Waals surface area contributed by atoms with Gasteiger partial charge in [-0.15, -0.1) is 11.6 Å². The van der Waals surface area contributed by atoms with Gasteiger partial charge in [0.2, 0.25) is 0 Å². The second-order valence-corrected chi connectivity index (χ2v) is 6.99. The van der Waals surface area contributed by atoms with E-state index in [-0.39, 0.29) is 16.1 Å². The Morgan fingerprint density at radius 2 is 1.83 bits per heavy atom. The molecule has 122 valence electrons. The van der Waals surface area contributed by atoms with Gasteiger partial charge in [-0.1, -0.05) is 18.2 Å². The number of rotatable bonds is 7. The number of halogens is 1. The number of carboxylic acid groups (broad SMARTS) is 1. The Morgan fingerprint density at radius 1 is 1.13 bits per heavy atom. The van der Waals surface area contributed by atoms with Crippen molar-refractivity contribution in [2.24, 2.45) is 0 Å². The Labute approximate surface area is 140 Å². The Kier molecular flexibility index (Phi) is 5.63. The van der Waals surface area contributed by atoms with Crippen molar-refractivity contribution in [2.75, 3.05) is 10.6 Å². The first-order valence-corrected chi connectivity index (χ1v) is 8.95. The van der Waals surface area contributed by atoms with Crippen LogP contribution in [-0.2, 0) is 16.4 Å². The highest BCUT2D eigenvalue weighted by Gasteiger charge is 2.15. The van der Waals surface area contributed by atoms with E-state index >= 15 is 0 Å². The van der Waals surface area contributed by atoms with Crippen LogP contribution in [0.25, 0.3) is 0 Å². The summed E-state index contributed by atoms with van der Waals surface area (Å²) in [5, 5.41) is 8.94. The molecule has 0 saturated heterocycles. The molecule has 7 heteroatoms. The first-order chi connectivity index (χ1) is 10.9. The first kappa shape index (κ1) is 17.3. The number of aryl methyl sites for hydroxylation is 1. The Hall–Kier alpha value is -2.05. The fraction of sp³-hybridized carbons (Fsp3) is 0.188. The summed E-state index contributed by atoms with van der Waals surface area (Å²) in [6.45, 7) is 0. The third kappa shape index (κ3) is 4.71. The van der Waals surface area contributed by atoms with Gasteiger partial charge in [0.1, 0.15) is 0 Å². The van der Waals surface area contributed by atoms with Crippen LogP contribution in [-0.4, -0.2) is 25.4 Å². The lowest BCUT2D eigenvalue weighted by molar-refractivity contribution is 0.0697. The van der Waals surface area contributed by atoms with E-state index in [1.165, 1.54) is 36.4 Å². The topological polar surface area (TPSA) is 83.5 Å². The summed E-state index contributed by atoms with van der Waals surface area (Å²) in [5.41, 5.74) is 1.23. The fourth-order valence-electron chi connectivity index (χ4n) is 2.04. The van der Waals surface area contributed by atoms with Gasteiger partial charge in [0.25, 0.3) is 10.0 Å². The number of nitrogens with one attached hydrogen (secondary N) is 1. The van der Waals surface area contributed by atoms with Gasteiger partial charge in [0.05, 0.1) is 10.5 Å². The number of hydrogen-bond donors (Lipinski definition) is 2. The average Bonchev–Trinajstić information content (AvgIpc) is 2.53. The summed E-state index contributed by atoms with van der Waals surface area (Å²) >= 11 is 5.63. The van der Waals surface area contributed by atoms with Crippen molar-refractivity contribution >= 4 is 33.3 Å². The molecule has 2 aromatic carbocycles. The molecule has 5 nitrogen and oxygen atoms in total. The molecule has 0 unspecified atom stereocenters. The lowest BCUT2D eigenvalue weighted by atomic mass is 10.1. The lowest BCUT2D eigenvalue weighted by Crippen LogP contribution is -2.13. The van der Waals surface area contributed by atoms with Crippen LogP contribution in [0.15, 0.2) is 53.4 Å². The second kappa shape index (κ2) is 7.48. The van der Waals surface area contributed by atoms with Crippen LogP contribution in [0.1, 0.15) is 22.3 Å². The van der Waals surface area contributed by atoms with E-state index in [0.29, 0.717) is 5.88 Å². The van der Waals surface area contributed by atoms with Crippen molar-refractivity contribution in [1.29, 1.82) is 0 Å². The van der Waals surface area contributed by atoms with Crippen molar-refractivity contribution in [1.82, 2.24) is 0 Å². The Bertz CT molecular complexity index is 788. The molecule has 2 aromatic rings. The summed E-state index contributed by atoms with van der Waals surface area (Å²) in [6, 6.07) is 12.2. The molecule has 0 aliphatic rings. The standard InChI is InChI=1S/C16H16ClNO4S/c17-10-2-3-12-6-8-15(9-7-12)23(21,22)18-14-5-1-4-13(11-14)16(19)20/h1,4-9,11,18H,2-3,10H2,(H,19,20). The van der Waals surface area contributed by atoms with Gasteiger partial charge in [-0.3, -0.25) is 4.72 Å². The second-order valence-electron chi connectivity index (χ2n) is 4.93. The molecule has 0 radical (unpaired) electrons. The molecule has 0 bridgehead atoms. The normalized spacial score (nSPS) is 11.2. The highest BCUT2D eigenvalue weighted by atomic mass is 35.5. The summed E-state index contributed by atoms with van der Waals surface area (Å²) < 4.78 is 27.0. The third-order valence-electron chi connectivity index (χ3n) is 3.19. The first-order valence-electron chi connectivity index (χ1n) is 6.93. The minimum absolute atomic E-state index is 0.0154. The highest BCUT2D eigenvalue weighted by molar-refractivity contribution is 7.92. The minimum atomic E-state index is -3.76. The zero-order valence-corrected chi connectivity index (χ0v) is 13.8. The van der Waals surface area contributed by atoms with Gasteiger partial charge in [-0.25, -0.2) is 13.2 Å². The van der Waals surface area contributed by atoms with E-state index in [9.17, 15) is 13.2 Å². The molecular formula is C16H16ClNO4S. The molecule has 2 N–H and O–H groups in total. The van der Waals surface area contributed by atoms with Gasteiger partial charge < -0.3 is 5.11 Å². The predicted octanol–water partition coefficient (Wildman–Crippen LogP) is 3.36. The van der Waals surface area contributed by atoms with E-state index in [1.807, 2.05) is 0 Å². The largest absolute Gasteiger partial charge is 0.478 e. The average molecular weight is 354 g/mol. The molecule has 0 heterocycles. The van der Waals surface area contributed by atoms with Crippen molar-refractivity contribution in [3.8, 4) is 0 Å². The number of hydrogen-bond acceptors (Lipinski definition) is 3. The van der Waals surface area contributed by atoms with Crippen molar-refractivity contribution in [2.45, 2.75) is 17.7 Å². The molecule has 0 aliphatic heterocycles. The van der Waals surface area contributed by atoms with Crippen LogP contribution >= 0.6 is 11.6 Å². The minimum Gasteiger partial charge on any atom is -0.478 e. The van der Waals surface area contributed by atoms with Gasteiger partial charge in [0.15, 0.2) is 0 Å². The number of carboxylic acids is 1. The quantitative estimate of drug-likeness (QED) is 0.747. The van der Waals surface area contributed by atoms with E-state index in [2.05, 4.69) is 4.72 Å². The van der Waals surface area contributed by atoms with E-state index in [1.54, 1.807) is 12.1 Å². The number of benzene rings is 2. The maximum atomic E-state index is 12.3. The highest BCUT2D eigenvalue weighted by Crippen LogP contribution is 2.18. The lowest BCUT2D eigenvalue weighted by Gasteiger charge is -2.09. The molecular weight excluding hydrogens is 338 g/mol. The molecule has 0 atom stereocenters. The van der Waals surface area contributed by atoms with Crippen LogP contribution in [0.3, 0.4) is 0 Å². The number of carbonyl (C=O) groups is 1. The smallest absolute Gasteiger partial charge is 0.335 e.